The van der Waals surface area contributed by atoms with Crippen LogP contribution in [0.1, 0.15) is 37.0 Å². The lowest BCUT2D eigenvalue weighted by molar-refractivity contribution is -0.140. The maximum Gasteiger partial charge on any atom is 0.264 e. The Labute approximate surface area is 286 Å². The van der Waals surface area contributed by atoms with Crippen LogP contribution in [0.5, 0.6) is 0 Å². The van der Waals surface area contributed by atoms with Gasteiger partial charge in [0.1, 0.15) is 12.6 Å². The van der Waals surface area contributed by atoms with E-state index in [0.29, 0.717) is 32.6 Å². The Hall–Kier alpha value is -3.56. The molecule has 4 aromatic rings. The van der Waals surface area contributed by atoms with Crippen molar-refractivity contribution in [3.8, 4) is 0 Å². The zero-order valence-corrected chi connectivity index (χ0v) is 28.9. The van der Waals surface area contributed by atoms with E-state index in [9.17, 15) is 18.0 Å². The molecule has 11 heteroatoms. The molecule has 4 rings (SSSR count). The molecule has 242 valence electrons. The number of hydrogen-bond acceptors (Lipinski definition) is 4. The molecule has 7 nitrogen and oxygen atoms in total. The van der Waals surface area contributed by atoms with E-state index in [1.54, 1.807) is 61.5 Å². The lowest BCUT2D eigenvalue weighted by Gasteiger charge is -2.35. The van der Waals surface area contributed by atoms with E-state index in [4.69, 9.17) is 34.8 Å². The Morgan fingerprint density at radius 3 is 1.98 bits per heavy atom. The van der Waals surface area contributed by atoms with Crippen molar-refractivity contribution >= 4 is 62.3 Å². The molecule has 4 aromatic carbocycles. The van der Waals surface area contributed by atoms with Crippen molar-refractivity contribution in [2.75, 3.05) is 10.8 Å². The normalized spacial score (nSPS) is 12.7. The van der Waals surface area contributed by atoms with Gasteiger partial charge in [0.15, 0.2) is 0 Å². The molecule has 0 unspecified atom stereocenters. The summed E-state index contributed by atoms with van der Waals surface area (Å²) in [6, 6.07) is 25.8. The van der Waals surface area contributed by atoms with Gasteiger partial charge in [0.05, 0.1) is 10.6 Å². The number of halogens is 3. The number of carbonyl (C=O) groups excluding carboxylic acids is 2. The number of sulfonamides is 1. The topological polar surface area (TPSA) is 86.8 Å². The molecule has 46 heavy (non-hydrogen) atoms. The highest BCUT2D eigenvalue weighted by Crippen LogP contribution is 2.32. The lowest BCUT2D eigenvalue weighted by atomic mass is 10.0. The first-order valence-corrected chi connectivity index (χ1v) is 17.4. The number of benzene rings is 4. The summed E-state index contributed by atoms with van der Waals surface area (Å²) < 4.78 is 29.4. The first kappa shape index (κ1) is 35.3. The van der Waals surface area contributed by atoms with Crippen LogP contribution in [0.4, 0.5) is 5.69 Å². The minimum atomic E-state index is -4.26. The van der Waals surface area contributed by atoms with Crippen LogP contribution in [0.25, 0.3) is 0 Å². The highest BCUT2D eigenvalue weighted by atomic mass is 35.5. The first-order chi connectivity index (χ1) is 21.9. The molecule has 0 heterocycles. The first-order valence-electron chi connectivity index (χ1n) is 14.8. The predicted octanol–water partition coefficient (Wildman–Crippen LogP) is 7.71. The van der Waals surface area contributed by atoms with Gasteiger partial charge in [0.25, 0.3) is 10.0 Å². The van der Waals surface area contributed by atoms with Crippen LogP contribution < -0.4 is 9.62 Å². The van der Waals surface area contributed by atoms with E-state index < -0.39 is 28.5 Å². The Morgan fingerprint density at radius 1 is 0.804 bits per heavy atom. The van der Waals surface area contributed by atoms with Gasteiger partial charge in [-0.25, -0.2) is 8.42 Å². The molecule has 0 radical (unpaired) electrons. The van der Waals surface area contributed by atoms with Crippen LogP contribution in [0, 0.1) is 6.92 Å². The van der Waals surface area contributed by atoms with Crippen LogP contribution in [-0.2, 0) is 32.6 Å². The minimum absolute atomic E-state index is 0.00165. The van der Waals surface area contributed by atoms with Gasteiger partial charge in [0.2, 0.25) is 11.8 Å². The number of hydrogen-bond donors (Lipinski definition) is 1. The van der Waals surface area contributed by atoms with Gasteiger partial charge in [-0.05, 0) is 67.8 Å². The van der Waals surface area contributed by atoms with Gasteiger partial charge in [0, 0.05) is 39.6 Å². The van der Waals surface area contributed by atoms with Crippen molar-refractivity contribution in [3.05, 3.63) is 129 Å². The Bertz CT molecular complexity index is 1750. The number of carbonyl (C=O) groups is 2. The lowest BCUT2D eigenvalue weighted by Crippen LogP contribution is -2.54. The summed E-state index contributed by atoms with van der Waals surface area (Å²) in [5.74, 6) is -1.01. The second-order valence-corrected chi connectivity index (χ2v) is 14.0. The van der Waals surface area contributed by atoms with Gasteiger partial charge in [-0.3, -0.25) is 13.9 Å². The number of nitrogens with zero attached hydrogens (tertiary/aromatic N) is 2. The van der Waals surface area contributed by atoms with Gasteiger partial charge < -0.3 is 10.2 Å². The molecule has 0 aliphatic heterocycles. The van der Waals surface area contributed by atoms with Crippen LogP contribution in [-0.4, -0.2) is 43.8 Å². The second-order valence-electron chi connectivity index (χ2n) is 11.0. The molecular weight excluding hydrogens is 665 g/mol. The van der Waals surface area contributed by atoms with E-state index in [2.05, 4.69) is 5.32 Å². The third-order valence-electron chi connectivity index (χ3n) is 7.78. The molecule has 0 aliphatic rings. The van der Waals surface area contributed by atoms with Crippen molar-refractivity contribution in [3.63, 3.8) is 0 Å². The number of rotatable bonds is 13. The molecule has 2 amide bonds. The van der Waals surface area contributed by atoms with Crippen LogP contribution >= 0.6 is 34.8 Å². The average molecular weight is 701 g/mol. The van der Waals surface area contributed by atoms with Crippen molar-refractivity contribution in [2.45, 2.75) is 57.1 Å². The summed E-state index contributed by atoms with van der Waals surface area (Å²) in [6.07, 6.45) is 0.837. The molecule has 0 bridgehead atoms. The van der Waals surface area contributed by atoms with Crippen LogP contribution in [0.2, 0.25) is 15.1 Å². The monoisotopic (exact) mass is 699 g/mol. The van der Waals surface area contributed by atoms with E-state index in [1.807, 2.05) is 44.2 Å². The highest BCUT2D eigenvalue weighted by molar-refractivity contribution is 7.92. The summed E-state index contributed by atoms with van der Waals surface area (Å²) in [5.41, 5.74) is 1.97. The quantitative estimate of drug-likeness (QED) is 0.155. The van der Waals surface area contributed by atoms with Crippen molar-refractivity contribution in [1.29, 1.82) is 0 Å². The zero-order valence-electron chi connectivity index (χ0n) is 25.8. The maximum atomic E-state index is 14.6. The summed E-state index contributed by atoms with van der Waals surface area (Å²) in [4.78, 5) is 30.0. The second kappa shape index (κ2) is 15.8. The average Bonchev–Trinajstić information content (AvgIpc) is 3.04. The fraction of sp³-hybridized carbons (Fsp3) is 0.257. The third-order valence-corrected chi connectivity index (χ3v) is 10.7. The summed E-state index contributed by atoms with van der Waals surface area (Å²) in [6.45, 7) is 4.75. The van der Waals surface area contributed by atoms with Crippen LogP contribution in [0.15, 0.2) is 102 Å². The van der Waals surface area contributed by atoms with Gasteiger partial charge in [-0.1, -0.05) is 102 Å². The summed E-state index contributed by atoms with van der Waals surface area (Å²) in [7, 11) is -4.26. The molecule has 0 aliphatic carbocycles. The van der Waals surface area contributed by atoms with Gasteiger partial charge in [-0.15, -0.1) is 0 Å². The van der Waals surface area contributed by atoms with E-state index >= 15 is 0 Å². The van der Waals surface area contributed by atoms with Crippen LogP contribution in [0.3, 0.4) is 0 Å². The van der Waals surface area contributed by atoms with E-state index in [0.717, 1.165) is 9.87 Å². The molecular formula is C35H36Cl3N3O4S. The zero-order chi connectivity index (χ0) is 33.4. The maximum absolute atomic E-state index is 14.6. The predicted molar refractivity (Wildman–Crippen MR) is 186 cm³/mol. The van der Waals surface area contributed by atoms with E-state index in [-0.39, 0.29) is 35.5 Å². The van der Waals surface area contributed by atoms with Crippen molar-refractivity contribution < 1.29 is 18.0 Å². The SMILES string of the molecule is CC[C@H](C)NC(=O)[C@H](Cc1ccccc1)N(Cc1c(Cl)cccc1Cl)C(=O)CN(c1cccc(Cl)c1C)S(=O)(=O)c1ccccc1. The molecule has 2 atom stereocenters. The number of amides is 2. The van der Waals surface area contributed by atoms with E-state index in [1.165, 1.54) is 17.0 Å². The Kier molecular flexibility index (Phi) is 12.1. The Balaban J connectivity index is 1.87. The van der Waals surface area contributed by atoms with Crippen molar-refractivity contribution in [1.82, 2.24) is 10.2 Å². The fourth-order valence-electron chi connectivity index (χ4n) is 4.95. The number of nitrogens with one attached hydrogen (secondary N) is 1. The standard InChI is InChI=1S/C35H36Cl3N3O4S/c1-4-24(2)39-35(43)33(21-26-13-7-5-8-14-26)40(22-28-30(37)18-11-19-31(28)38)34(42)23-41(32-20-12-17-29(36)25(32)3)46(44,45)27-15-9-6-10-16-27/h5-20,24,33H,4,21-23H2,1-3H3,(H,39,43)/t24-,33-/m0/s1. The van der Waals surface area contributed by atoms with Gasteiger partial charge in [-0.2, -0.15) is 0 Å². The van der Waals surface area contributed by atoms with Crippen molar-refractivity contribution in [2.24, 2.45) is 0 Å². The molecule has 1 N–H and O–H groups in total. The minimum Gasteiger partial charge on any atom is -0.352 e. The fourth-order valence-corrected chi connectivity index (χ4v) is 7.13. The molecule has 0 saturated heterocycles. The summed E-state index contributed by atoms with van der Waals surface area (Å²) in [5, 5.41) is 3.97. The molecule has 0 fully saturated rings. The van der Waals surface area contributed by atoms with Gasteiger partial charge >= 0.3 is 0 Å². The summed E-state index contributed by atoms with van der Waals surface area (Å²) >= 11 is 19.6. The Morgan fingerprint density at radius 2 is 1.37 bits per heavy atom. The molecule has 0 saturated carbocycles. The molecule has 0 spiro atoms. The number of anilines is 1. The largest absolute Gasteiger partial charge is 0.352 e. The third kappa shape index (κ3) is 8.42. The highest BCUT2D eigenvalue weighted by Gasteiger charge is 2.36. The molecule has 0 aromatic heterocycles. The smallest absolute Gasteiger partial charge is 0.264 e.